The molecule has 76 heavy (non-hydrogen) atoms. The maximum absolute atomic E-state index is 13.0. The summed E-state index contributed by atoms with van der Waals surface area (Å²) in [5, 5.41) is 13.9. The Morgan fingerprint density at radius 1 is 0.474 bits per heavy atom. The average molecular weight is 1080 g/mol. The van der Waals surface area contributed by atoms with E-state index < -0.39 is 26.6 Å². The minimum absolute atomic E-state index is 0.00750. The summed E-state index contributed by atoms with van der Waals surface area (Å²) in [5.74, 6) is -0.205. The molecule has 0 heterocycles. The van der Waals surface area contributed by atoms with E-state index in [1.165, 1.54) is 193 Å². The number of unbranched alkanes of at least 4 members (excludes halogenated alkanes) is 33. The Kier molecular flexibility index (Phi) is 55.6. The largest absolute Gasteiger partial charge is 0.756 e. The highest BCUT2D eigenvalue weighted by atomic mass is 31.2. The average Bonchev–Trinajstić information content (AvgIpc) is 3.38. The number of aliphatic hydroxyl groups is 1. The molecule has 0 spiro atoms. The SMILES string of the molecule is CC/C=C\C/C=C\C/C=C\C/C=C\C/C=C\CCCCCCCCCCCCCCCCCCCCCC(=O)NC(COP(=O)([O-])OCC[N+](C)(C)C)C(O)/C=C/CC/C=C/CCCCCCCCCCCCCCC. The molecular formula is C67H123N2O6P. The third kappa shape index (κ3) is 59.3. The van der Waals surface area contributed by atoms with Gasteiger partial charge in [-0.05, 0) is 77.0 Å². The van der Waals surface area contributed by atoms with Crippen molar-refractivity contribution in [3.8, 4) is 0 Å². The van der Waals surface area contributed by atoms with E-state index in [4.69, 9.17) is 9.05 Å². The Balaban J connectivity index is 4.07. The fourth-order valence-corrected chi connectivity index (χ4v) is 9.86. The van der Waals surface area contributed by atoms with Crippen LogP contribution in [0.1, 0.15) is 284 Å². The lowest BCUT2D eigenvalue weighted by Crippen LogP contribution is -2.45. The number of hydrogen-bond donors (Lipinski definition) is 2. The molecule has 8 nitrogen and oxygen atoms in total. The van der Waals surface area contributed by atoms with Gasteiger partial charge in [0.05, 0.1) is 39.9 Å². The van der Waals surface area contributed by atoms with E-state index in [1.807, 2.05) is 27.2 Å². The van der Waals surface area contributed by atoms with Gasteiger partial charge in [-0.2, -0.15) is 0 Å². The summed E-state index contributed by atoms with van der Waals surface area (Å²) in [4.78, 5) is 25.5. The molecule has 3 unspecified atom stereocenters. The first-order valence-corrected chi connectivity index (χ1v) is 33.4. The summed E-state index contributed by atoms with van der Waals surface area (Å²) in [5.41, 5.74) is 0. The number of quaternary nitrogens is 1. The number of phosphoric ester groups is 1. The molecule has 0 bridgehead atoms. The summed E-state index contributed by atoms with van der Waals surface area (Å²) in [6.45, 7) is 4.54. The monoisotopic (exact) mass is 1080 g/mol. The quantitative estimate of drug-likeness (QED) is 0.0272. The maximum Gasteiger partial charge on any atom is 0.268 e. The van der Waals surface area contributed by atoms with Crippen LogP contribution in [0.2, 0.25) is 0 Å². The van der Waals surface area contributed by atoms with Gasteiger partial charge < -0.3 is 28.8 Å². The first-order valence-electron chi connectivity index (χ1n) is 31.9. The number of carbonyl (C=O) groups is 1. The third-order valence-electron chi connectivity index (χ3n) is 14.1. The smallest absolute Gasteiger partial charge is 0.268 e. The fourth-order valence-electron chi connectivity index (χ4n) is 9.14. The highest BCUT2D eigenvalue weighted by Crippen LogP contribution is 2.38. The molecule has 442 valence electrons. The Labute approximate surface area is 471 Å². The minimum Gasteiger partial charge on any atom is -0.756 e. The van der Waals surface area contributed by atoms with E-state index in [9.17, 15) is 19.4 Å². The molecule has 0 saturated heterocycles. The fraction of sp³-hybridized carbons (Fsp3) is 0.776. The lowest BCUT2D eigenvalue weighted by Gasteiger charge is -2.29. The molecule has 3 atom stereocenters. The van der Waals surface area contributed by atoms with Crippen LogP contribution >= 0.6 is 7.82 Å². The molecular weight excluding hydrogens is 960 g/mol. The number of allylic oxidation sites excluding steroid dienone is 13. The number of carbonyl (C=O) groups excluding carboxylic acids is 1. The number of amides is 1. The topological polar surface area (TPSA) is 108 Å². The number of aliphatic hydroxyl groups excluding tert-OH is 1. The van der Waals surface area contributed by atoms with Crippen molar-refractivity contribution >= 4 is 13.7 Å². The zero-order valence-corrected chi connectivity index (χ0v) is 51.3. The van der Waals surface area contributed by atoms with Gasteiger partial charge in [0, 0.05) is 6.42 Å². The molecule has 2 N–H and O–H groups in total. The van der Waals surface area contributed by atoms with E-state index >= 15 is 0 Å². The van der Waals surface area contributed by atoms with Crippen LogP contribution in [0.3, 0.4) is 0 Å². The van der Waals surface area contributed by atoms with Crippen LogP contribution in [0, 0.1) is 0 Å². The van der Waals surface area contributed by atoms with Crippen molar-refractivity contribution in [2.75, 3.05) is 40.9 Å². The van der Waals surface area contributed by atoms with Crippen molar-refractivity contribution in [3.63, 3.8) is 0 Å². The van der Waals surface area contributed by atoms with Gasteiger partial charge in [-0.25, -0.2) is 0 Å². The van der Waals surface area contributed by atoms with Crippen molar-refractivity contribution in [2.24, 2.45) is 0 Å². The molecule has 0 radical (unpaired) electrons. The van der Waals surface area contributed by atoms with Gasteiger partial charge in [0.2, 0.25) is 5.91 Å². The molecule has 0 aromatic heterocycles. The predicted octanol–water partition coefficient (Wildman–Crippen LogP) is 19.4. The van der Waals surface area contributed by atoms with Crippen molar-refractivity contribution in [3.05, 3.63) is 85.1 Å². The Bertz CT molecular complexity index is 1510. The number of nitrogens with one attached hydrogen (secondary N) is 1. The first kappa shape index (κ1) is 73.7. The molecule has 0 rings (SSSR count). The number of hydrogen-bond acceptors (Lipinski definition) is 6. The van der Waals surface area contributed by atoms with E-state index in [0.29, 0.717) is 17.4 Å². The summed E-state index contributed by atoms with van der Waals surface area (Å²) < 4.78 is 23.4. The van der Waals surface area contributed by atoms with Gasteiger partial charge in [-0.3, -0.25) is 9.36 Å². The molecule has 1 amide bonds. The van der Waals surface area contributed by atoms with E-state index in [-0.39, 0.29) is 12.5 Å². The second kappa shape index (κ2) is 57.4. The molecule has 0 aliphatic heterocycles. The van der Waals surface area contributed by atoms with Gasteiger partial charge in [0.25, 0.3) is 7.82 Å². The van der Waals surface area contributed by atoms with Crippen LogP contribution < -0.4 is 10.2 Å². The van der Waals surface area contributed by atoms with Gasteiger partial charge in [0.15, 0.2) is 0 Å². The summed E-state index contributed by atoms with van der Waals surface area (Å²) in [7, 11) is 1.25. The van der Waals surface area contributed by atoms with Crippen molar-refractivity contribution < 1.29 is 32.9 Å². The second-order valence-corrected chi connectivity index (χ2v) is 24.1. The summed E-state index contributed by atoms with van der Waals surface area (Å²) in [6.07, 6.45) is 81.2. The molecule has 0 aromatic rings. The molecule has 0 aliphatic carbocycles. The minimum atomic E-state index is -4.61. The molecule has 0 aliphatic rings. The lowest BCUT2D eigenvalue weighted by atomic mass is 10.0. The molecule has 0 saturated carbocycles. The summed E-state index contributed by atoms with van der Waals surface area (Å²) in [6, 6.07) is -0.906. The van der Waals surface area contributed by atoms with Gasteiger partial charge in [-0.1, -0.05) is 285 Å². The standard InChI is InChI=1S/C67H123N2O6P/c1-6-8-10-12-14-16-18-20-22-24-26-27-28-29-30-31-32-33-34-35-36-37-38-39-40-41-43-45-47-49-51-53-55-57-59-61-67(71)68-65(64-75-76(72,73)74-63-62-69(3,4)5)66(70)60-58-56-54-52-50-48-46-44-42-25-23-21-19-17-15-13-11-9-7-2/h8,10,14,16,20,22,26-27,29-30,50,52,58,60,65-66,70H,6-7,9,11-13,15,17-19,21,23-25,28,31-49,51,53-57,59,61-64H2,1-5H3,(H-,68,71,72,73)/b10-8-,16-14-,22-20-,27-26-,30-29-,52-50+,60-58+. The van der Waals surface area contributed by atoms with Crippen LogP contribution in [0.4, 0.5) is 0 Å². The van der Waals surface area contributed by atoms with Crippen LogP contribution in [0.15, 0.2) is 85.1 Å². The van der Waals surface area contributed by atoms with E-state index in [2.05, 4.69) is 92.1 Å². The van der Waals surface area contributed by atoms with E-state index in [1.54, 1.807) is 6.08 Å². The second-order valence-electron chi connectivity index (χ2n) is 22.7. The van der Waals surface area contributed by atoms with Crippen LogP contribution in [-0.4, -0.2) is 68.5 Å². The first-order chi connectivity index (χ1) is 37.0. The zero-order chi connectivity index (χ0) is 55.6. The Morgan fingerprint density at radius 2 is 0.816 bits per heavy atom. The summed E-state index contributed by atoms with van der Waals surface area (Å²) >= 11 is 0. The normalized spacial score (nSPS) is 14.4. The van der Waals surface area contributed by atoms with Gasteiger partial charge in [-0.15, -0.1) is 0 Å². The maximum atomic E-state index is 13.0. The van der Waals surface area contributed by atoms with Crippen LogP contribution in [0.25, 0.3) is 0 Å². The zero-order valence-electron chi connectivity index (χ0n) is 50.4. The number of nitrogens with zero attached hydrogens (tertiary/aromatic N) is 1. The number of likely N-dealkylation sites (N-methyl/N-ethyl adjacent to an activating group) is 1. The van der Waals surface area contributed by atoms with Gasteiger partial charge >= 0.3 is 0 Å². The van der Waals surface area contributed by atoms with E-state index in [0.717, 1.165) is 70.6 Å². The van der Waals surface area contributed by atoms with Crippen molar-refractivity contribution in [1.82, 2.24) is 5.32 Å². The molecule has 0 fully saturated rings. The highest BCUT2D eigenvalue weighted by Gasteiger charge is 2.23. The van der Waals surface area contributed by atoms with Crippen molar-refractivity contribution in [1.29, 1.82) is 0 Å². The van der Waals surface area contributed by atoms with Crippen LogP contribution in [0.5, 0.6) is 0 Å². The Hall–Kier alpha value is -2.32. The van der Waals surface area contributed by atoms with Crippen LogP contribution in [-0.2, 0) is 18.4 Å². The van der Waals surface area contributed by atoms with Crippen molar-refractivity contribution in [2.45, 2.75) is 296 Å². The molecule has 0 aromatic carbocycles. The predicted molar refractivity (Wildman–Crippen MR) is 330 cm³/mol. The third-order valence-corrected chi connectivity index (χ3v) is 15.1. The number of rotatable bonds is 58. The molecule has 9 heteroatoms. The number of phosphoric acid groups is 1. The van der Waals surface area contributed by atoms with Gasteiger partial charge in [0.1, 0.15) is 13.2 Å². The highest BCUT2D eigenvalue weighted by molar-refractivity contribution is 7.45. The lowest BCUT2D eigenvalue weighted by molar-refractivity contribution is -0.870. The Morgan fingerprint density at radius 3 is 1.22 bits per heavy atom.